The van der Waals surface area contributed by atoms with Gasteiger partial charge in [-0.15, -0.1) is 0 Å². The van der Waals surface area contributed by atoms with Crippen molar-refractivity contribution in [1.82, 2.24) is 0 Å². The molecule has 1 aliphatic heterocycles. The van der Waals surface area contributed by atoms with E-state index in [4.69, 9.17) is 0 Å². The summed E-state index contributed by atoms with van der Waals surface area (Å²) in [5, 5.41) is 20.2. The molecule has 1 heterocycles. The fourth-order valence-electron chi connectivity index (χ4n) is 7.68. The van der Waals surface area contributed by atoms with Gasteiger partial charge in [0.05, 0.1) is 22.5 Å². The van der Waals surface area contributed by atoms with E-state index >= 15 is 0 Å². The third-order valence-corrected chi connectivity index (χ3v) is 9.49. The zero-order valence-electron chi connectivity index (χ0n) is 25.4. The van der Waals surface area contributed by atoms with Gasteiger partial charge in [-0.3, -0.25) is 0 Å². The van der Waals surface area contributed by atoms with E-state index in [0.29, 0.717) is 5.57 Å². The lowest BCUT2D eigenvalue weighted by molar-refractivity contribution is 0.717. The molecule has 0 amide bonds. The van der Waals surface area contributed by atoms with E-state index in [-0.39, 0.29) is 5.57 Å². The van der Waals surface area contributed by atoms with Gasteiger partial charge in [-0.05, 0) is 81.5 Å². The van der Waals surface area contributed by atoms with Crippen molar-refractivity contribution >= 4 is 22.6 Å². The quantitative estimate of drug-likeness (QED) is 0.199. The minimum atomic E-state index is -0.654. The highest BCUT2D eigenvalue weighted by molar-refractivity contribution is 5.99. The Morgan fingerprint density at radius 1 is 0.591 bits per heavy atom. The number of allylic oxidation sites excluding steroid dienone is 1. The zero-order chi connectivity index (χ0) is 30.4. The molecule has 3 nitrogen and oxygen atoms in total. The van der Waals surface area contributed by atoms with Crippen LogP contribution in [0.5, 0.6) is 0 Å². The molecule has 0 fully saturated rings. The van der Waals surface area contributed by atoms with Crippen LogP contribution in [0.2, 0.25) is 0 Å². The summed E-state index contributed by atoms with van der Waals surface area (Å²) in [5.74, 6) is 0. The number of anilines is 3. The predicted molar refractivity (Wildman–Crippen MR) is 178 cm³/mol. The monoisotopic (exact) mass is 567 g/mol. The molecule has 7 rings (SSSR count). The van der Waals surface area contributed by atoms with E-state index in [1.807, 2.05) is 12.1 Å². The Morgan fingerprint density at radius 3 is 1.45 bits per heavy atom. The largest absolute Gasteiger partial charge is 0.309 e. The molecule has 44 heavy (non-hydrogen) atoms. The molecule has 0 unspecified atom stereocenters. The highest BCUT2D eigenvalue weighted by Crippen LogP contribution is 2.62. The highest BCUT2D eigenvalue weighted by atomic mass is 15.2. The van der Waals surface area contributed by atoms with Gasteiger partial charge in [0.15, 0.2) is 0 Å². The lowest BCUT2D eigenvalue weighted by Crippen LogP contribution is -2.41. The summed E-state index contributed by atoms with van der Waals surface area (Å²) in [5.41, 5.74) is 14.3. The molecule has 1 aliphatic carbocycles. The number of benzene rings is 5. The van der Waals surface area contributed by atoms with Crippen molar-refractivity contribution in [3.63, 3.8) is 0 Å². The Bertz CT molecular complexity index is 1930. The summed E-state index contributed by atoms with van der Waals surface area (Å²) >= 11 is 0. The normalized spacial score (nSPS) is 13.7. The van der Waals surface area contributed by atoms with E-state index in [0.717, 1.165) is 52.9 Å². The second kappa shape index (κ2) is 10.7. The predicted octanol–water partition coefficient (Wildman–Crippen LogP) is 9.70. The Hall–Kier alpha value is -5.38. The first-order chi connectivity index (χ1) is 21.6. The average molecular weight is 568 g/mol. The number of rotatable bonds is 4. The van der Waals surface area contributed by atoms with Gasteiger partial charge in [-0.1, -0.05) is 118 Å². The maximum atomic E-state index is 10.1. The van der Waals surface area contributed by atoms with Gasteiger partial charge >= 0.3 is 0 Å². The molecule has 0 aromatic heterocycles. The smallest absolute Gasteiger partial charge is 0.138 e. The van der Waals surface area contributed by atoms with Crippen LogP contribution in [0.15, 0.2) is 115 Å². The molecule has 3 heteroatoms. The molecule has 0 N–H and O–H groups in total. The molecule has 1 spiro atoms. The minimum Gasteiger partial charge on any atom is -0.309 e. The van der Waals surface area contributed by atoms with Crippen molar-refractivity contribution in [1.29, 1.82) is 10.5 Å². The topological polar surface area (TPSA) is 50.8 Å². The summed E-state index contributed by atoms with van der Waals surface area (Å²) in [6.45, 7) is 6.74. The van der Waals surface area contributed by atoms with Crippen LogP contribution in [0.3, 0.4) is 0 Å². The second-order valence-electron chi connectivity index (χ2n) is 11.5. The fraction of sp³-hybridized carbons (Fsp3) is 0.171. The zero-order valence-corrected chi connectivity index (χ0v) is 25.4. The third-order valence-electron chi connectivity index (χ3n) is 9.49. The summed E-state index contributed by atoms with van der Waals surface area (Å²) in [7, 11) is 0. The van der Waals surface area contributed by atoms with Crippen molar-refractivity contribution < 1.29 is 0 Å². The van der Waals surface area contributed by atoms with Crippen LogP contribution in [0, 0.1) is 22.7 Å². The van der Waals surface area contributed by atoms with Gasteiger partial charge in [0.1, 0.15) is 17.7 Å². The second-order valence-corrected chi connectivity index (χ2v) is 11.5. The molecular weight excluding hydrogens is 534 g/mol. The van der Waals surface area contributed by atoms with E-state index in [2.05, 4.69) is 135 Å². The van der Waals surface area contributed by atoms with Crippen molar-refractivity contribution in [2.45, 2.75) is 45.4 Å². The summed E-state index contributed by atoms with van der Waals surface area (Å²) < 4.78 is 0. The first-order valence-electron chi connectivity index (χ1n) is 15.5. The first kappa shape index (κ1) is 27.5. The van der Waals surface area contributed by atoms with Gasteiger partial charge in [0.2, 0.25) is 0 Å². The number of nitrogens with zero attached hydrogens (tertiary/aromatic N) is 3. The van der Waals surface area contributed by atoms with Crippen LogP contribution < -0.4 is 4.90 Å². The Labute approximate surface area is 260 Å². The van der Waals surface area contributed by atoms with Crippen LogP contribution >= 0.6 is 0 Å². The van der Waals surface area contributed by atoms with Gasteiger partial charge in [-0.2, -0.15) is 10.5 Å². The van der Waals surface area contributed by atoms with E-state index in [1.54, 1.807) is 0 Å². The van der Waals surface area contributed by atoms with E-state index in [9.17, 15) is 10.5 Å². The van der Waals surface area contributed by atoms with Crippen LogP contribution in [-0.4, -0.2) is 0 Å². The number of aryl methyl sites for hydroxylation is 3. The number of para-hydroxylation sites is 2. The molecule has 5 aromatic carbocycles. The lowest BCUT2D eigenvalue weighted by Gasteiger charge is -2.50. The molecule has 0 atom stereocenters. The van der Waals surface area contributed by atoms with Gasteiger partial charge in [-0.25, -0.2) is 0 Å². The van der Waals surface area contributed by atoms with Crippen LogP contribution in [0.1, 0.15) is 70.8 Å². The maximum Gasteiger partial charge on any atom is 0.138 e. The summed E-state index contributed by atoms with van der Waals surface area (Å²) in [4.78, 5) is 2.50. The molecule has 0 bridgehead atoms. The highest BCUT2D eigenvalue weighted by Gasteiger charge is 2.51. The van der Waals surface area contributed by atoms with Gasteiger partial charge in [0.25, 0.3) is 0 Å². The first-order valence-corrected chi connectivity index (χ1v) is 15.5. The molecule has 5 aromatic rings. The third kappa shape index (κ3) is 3.66. The van der Waals surface area contributed by atoms with Crippen molar-refractivity contribution in [3.05, 3.63) is 165 Å². The Balaban J connectivity index is 1.67. The molecule has 0 saturated carbocycles. The number of nitriles is 2. The van der Waals surface area contributed by atoms with Crippen molar-refractivity contribution in [2.75, 3.05) is 4.90 Å². The average Bonchev–Trinajstić information content (AvgIpc) is 3.09. The summed E-state index contributed by atoms with van der Waals surface area (Å²) in [6.07, 6.45) is 2.88. The Kier molecular flexibility index (Phi) is 6.68. The van der Waals surface area contributed by atoms with E-state index in [1.165, 1.54) is 33.5 Å². The Morgan fingerprint density at radius 2 is 1.02 bits per heavy atom. The maximum absolute atomic E-state index is 10.1. The summed E-state index contributed by atoms with van der Waals surface area (Å²) in [6, 6.07) is 43.5. The van der Waals surface area contributed by atoms with Gasteiger partial charge in [0, 0.05) is 5.57 Å². The molecule has 2 aliphatic rings. The van der Waals surface area contributed by atoms with Crippen LogP contribution in [-0.2, 0) is 24.7 Å². The van der Waals surface area contributed by atoms with Crippen molar-refractivity contribution in [3.8, 4) is 12.1 Å². The van der Waals surface area contributed by atoms with Crippen LogP contribution in [0.25, 0.3) is 5.57 Å². The number of fused-ring (bicyclic) bond motifs is 8. The SMILES string of the molecule is CCc1cc(CC)c(N2c3ccccc3C3(c4ccccc4C(=C(C#N)C#N)c4ccccc43)c3ccccc32)c(CC)c1. The molecule has 0 saturated heterocycles. The standard InChI is InChI=1S/C41H33N3/c1-4-27-23-28(5-2)40(29(6-3)24-27)44-37-21-13-11-19-35(37)41(36-20-12-14-22-38(36)44)33-17-9-7-15-31(33)39(30(25-42)26-43)32-16-8-10-18-34(32)41/h7-24H,4-6H2,1-3H3. The van der Waals surface area contributed by atoms with Gasteiger partial charge < -0.3 is 4.90 Å². The fourth-order valence-corrected chi connectivity index (χ4v) is 7.68. The molecule has 212 valence electrons. The number of hydrogen-bond donors (Lipinski definition) is 0. The van der Waals surface area contributed by atoms with Crippen molar-refractivity contribution in [2.24, 2.45) is 0 Å². The molecular formula is C41H33N3. The minimum absolute atomic E-state index is 0.134. The molecule has 0 radical (unpaired) electrons. The number of hydrogen-bond acceptors (Lipinski definition) is 3. The van der Waals surface area contributed by atoms with Crippen LogP contribution in [0.4, 0.5) is 17.1 Å². The van der Waals surface area contributed by atoms with E-state index < -0.39 is 5.41 Å². The lowest BCUT2D eigenvalue weighted by atomic mass is 9.56.